The van der Waals surface area contributed by atoms with Gasteiger partial charge in [0.2, 0.25) is 0 Å². The van der Waals surface area contributed by atoms with E-state index in [2.05, 4.69) is 49.9 Å². The molecule has 0 atom stereocenters. The molecule has 0 aliphatic carbocycles. The summed E-state index contributed by atoms with van der Waals surface area (Å²) in [5, 5.41) is 3.33. The van der Waals surface area contributed by atoms with Gasteiger partial charge in [-0.1, -0.05) is 41.5 Å². The Morgan fingerprint density at radius 2 is 1.30 bits per heavy atom. The molecule has 0 aromatic heterocycles. The highest BCUT2D eigenvalue weighted by atomic mass is 15.2. The van der Waals surface area contributed by atoms with Crippen LogP contribution in [0.25, 0.3) is 0 Å². The zero-order valence-electron chi connectivity index (χ0n) is 17.8. The lowest BCUT2D eigenvalue weighted by Crippen LogP contribution is -2.46. The minimum atomic E-state index is 0.333. The van der Waals surface area contributed by atoms with Crippen molar-refractivity contribution in [1.82, 2.24) is 15.1 Å². The molecule has 0 saturated carbocycles. The lowest BCUT2D eigenvalue weighted by Gasteiger charge is -2.30. The minimum absolute atomic E-state index is 0.333. The molecular weight excluding hydrogens is 284 g/mol. The normalized spacial score (nSPS) is 14.5. The van der Waals surface area contributed by atoms with Crippen LogP contribution >= 0.6 is 0 Å². The van der Waals surface area contributed by atoms with E-state index in [0.29, 0.717) is 6.04 Å². The zero-order valence-corrected chi connectivity index (χ0v) is 17.8. The Hall–Kier alpha value is -0.160. The van der Waals surface area contributed by atoms with Gasteiger partial charge in [-0.15, -0.1) is 0 Å². The van der Waals surface area contributed by atoms with Crippen molar-refractivity contribution in [3.8, 4) is 0 Å². The number of nitrogens with zero attached hydrogens (tertiary/aromatic N) is 2. The molecule has 1 heterocycles. The highest BCUT2D eigenvalue weighted by molar-refractivity contribution is 4.69. The Morgan fingerprint density at radius 1 is 0.957 bits per heavy atom. The van der Waals surface area contributed by atoms with Crippen molar-refractivity contribution >= 4 is 0 Å². The summed E-state index contributed by atoms with van der Waals surface area (Å²) in [7, 11) is 2.17. The predicted octanol–water partition coefficient (Wildman–Crippen LogP) is 3.42. The third-order valence-electron chi connectivity index (χ3n) is 3.09. The van der Waals surface area contributed by atoms with E-state index in [1.807, 2.05) is 27.7 Å². The highest BCUT2D eigenvalue weighted by Gasteiger charge is 2.11. The van der Waals surface area contributed by atoms with Crippen LogP contribution in [0.1, 0.15) is 68.2 Å². The third kappa shape index (κ3) is 27.0. The van der Waals surface area contributed by atoms with E-state index in [-0.39, 0.29) is 0 Å². The predicted molar refractivity (Wildman–Crippen MR) is 108 cm³/mol. The van der Waals surface area contributed by atoms with Crippen molar-refractivity contribution < 1.29 is 0 Å². The summed E-state index contributed by atoms with van der Waals surface area (Å²) in [6, 6.07) is 1.06. The fourth-order valence-electron chi connectivity index (χ4n) is 2.07. The maximum Gasteiger partial charge on any atom is 0.0110 e. The second-order valence-corrected chi connectivity index (χ2v) is 6.43. The van der Waals surface area contributed by atoms with Gasteiger partial charge in [-0.3, -0.25) is 4.90 Å². The van der Waals surface area contributed by atoms with Gasteiger partial charge in [0.25, 0.3) is 0 Å². The smallest absolute Gasteiger partial charge is 0.0110 e. The molecule has 3 N–H and O–H groups in total. The van der Waals surface area contributed by atoms with E-state index in [0.717, 1.165) is 19.1 Å². The van der Waals surface area contributed by atoms with Crippen molar-refractivity contribution in [2.45, 2.75) is 80.3 Å². The average Bonchev–Trinajstić information content (AvgIpc) is 2.51. The SMILES string of the molecule is CC.CC(C)N.CC(C)N1CCNCC1.CCCN(C)CCC. The summed E-state index contributed by atoms with van der Waals surface area (Å²) in [6.45, 7) is 24.1. The molecule has 0 unspecified atom stereocenters. The molecule has 1 rings (SSSR count). The maximum atomic E-state index is 5.11. The Labute approximate surface area is 148 Å². The van der Waals surface area contributed by atoms with Crippen LogP contribution < -0.4 is 11.1 Å². The van der Waals surface area contributed by atoms with Crippen LogP contribution in [0.5, 0.6) is 0 Å². The average molecular weight is 333 g/mol. The molecule has 4 nitrogen and oxygen atoms in total. The summed E-state index contributed by atoms with van der Waals surface area (Å²) in [4.78, 5) is 4.86. The summed E-state index contributed by atoms with van der Waals surface area (Å²) < 4.78 is 0. The topological polar surface area (TPSA) is 44.5 Å². The molecule has 144 valence electrons. The van der Waals surface area contributed by atoms with Crippen LogP contribution in [0.3, 0.4) is 0 Å². The standard InChI is InChI=1S/C7H16N2.C7H17N.C3H9N.C2H6/c1-7(2)9-5-3-8-4-6-9;1-4-6-8(3)7-5-2;1-3(2)4;1-2/h7-8H,3-6H2,1-2H3;4-7H2,1-3H3;3H,4H2,1-2H3;1-2H3. The van der Waals surface area contributed by atoms with Crippen LogP contribution in [0.15, 0.2) is 0 Å². The summed E-state index contributed by atoms with van der Waals surface area (Å²) in [5.41, 5.74) is 5.11. The molecule has 0 aromatic carbocycles. The van der Waals surface area contributed by atoms with E-state index in [1.165, 1.54) is 39.0 Å². The first-order valence-electron chi connectivity index (χ1n) is 9.73. The monoisotopic (exact) mass is 332 g/mol. The first kappa shape index (κ1) is 27.7. The fraction of sp³-hybridized carbons (Fsp3) is 1.00. The van der Waals surface area contributed by atoms with Gasteiger partial charge in [0.15, 0.2) is 0 Å². The minimum Gasteiger partial charge on any atom is -0.328 e. The molecular formula is C19H48N4. The summed E-state index contributed by atoms with van der Waals surface area (Å²) in [5.74, 6) is 0. The third-order valence-corrected chi connectivity index (χ3v) is 3.09. The molecule has 0 aromatic rings. The van der Waals surface area contributed by atoms with E-state index in [9.17, 15) is 0 Å². The molecule has 0 spiro atoms. The highest BCUT2D eigenvalue weighted by Crippen LogP contribution is 1.97. The number of nitrogens with one attached hydrogen (secondary N) is 1. The van der Waals surface area contributed by atoms with Gasteiger partial charge in [0, 0.05) is 32.2 Å². The van der Waals surface area contributed by atoms with Crippen molar-refractivity contribution in [1.29, 1.82) is 0 Å². The Morgan fingerprint density at radius 3 is 1.52 bits per heavy atom. The molecule has 1 saturated heterocycles. The molecule has 0 radical (unpaired) electrons. The Bertz CT molecular complexity index is 181. The zero-order chi connectivity index (χ0) is 18.7. The van der Waals surface area contributed by atoms with Crippen molar-refractivity contribution in [2.24, 2.45) is 5.73 Å². The Balaban J connectivity index is -0.000000263. The van der Waals surface area contributed by atoms with Gasteiger partial charge in [-0.05, 0) is 52.9 Å². The number of hydrogen-bond donors (Lipinski definition) is 2. The maximum absolute atomic E-state index is 5.11. The molecule has 4 heteroatoms. The molecule has 1 fully saturated rings. The van der Waals surface area contributed by atoms with Gasteiger partial charge in [0.1, 0.15) is 0 Å². The van der Waals surface area contributed by atoms with E-state index >= 15 is 0 Å². The van der Waals surface area contributed by atoms with Crippen LogP contribution in [0, 0.1) is 0 Å². The molecule has 0 amide bonds. The molecule has 1 aliphatic rings. The second-order valence-electron chi connectivity index (χ2n) is 6.43. The number of rotatable bonds is 5. The van der Waals surface area contributed by atoms with E-state index in [4.69, 9.17) is 5.73 Å². The first-order chi connectivity index (χ1) is 10.8. The van der Waals surface area contributed by atoms with Gasteiger partial charge < -0.3 is 16.0 Å². The lowest BCUT2D eigenvalue weighted by molar-refractivity contribution is 0.196. The lowest BCUT2D eigenvalue weighted by atomic mass is 10.3. The van der Waals surface area contributed by atoms with Crippen molar-refractivity contribution in [3.63, 3.8) is 0 Å². The van der Waals surface area contributed by atoms with Gasteiger partial charge in [0.05, 0.1) is 0 Å². The number of nitrogens with two attached hydrogens (primary N) is 1. The van der Waals surface area contributed by atoms with Gasteiger partial charge >= 0.3 is 0 Å². The number of hydrogen-bond acceptors (Lipinski definition) is 4. The van der Waals surface area contributed by atoms with Crippen LogP contribution in [0.2, 0.25) is 0 Å². The second kappa shape index (κ2) is 21.8. The Kier molecular flexibility index (Phi) is 26.3. The van der Waals surface area contributed by atoms with Crippen LogP contribution in [0.4, 0.5) is 0 Å². The molecule has 0 bridgehead atoms. The fourth-order valence-corrected chi connectivity index (χ4v) is 2.07. The molecule has 23 heavy (non-hydrogen) atoms. The van der Waals surface area contributed by atoms with Crippen LogP contribution in [-0.4, -0.2) is 68.2 Å². The van der Waals surface area contributed by atoms with E-state index < -0.39 is 0 Å². The quantitative estimate of drug-likeness (QED) is 0.810. The largest absolute Gasteiger partial charge is 0.328 e. The van der Waals surface area contributed by atoms with Crippen molar-refractivity contribution in [2.75, 3.05) is 46.3 Å². The van der Waals surface area contributed by atoms with Gasteiger partial charge in [-0.2, -0.15) is 0 Å². The number of piperazine rings is 1. The van der Waals surface area contributed by atoms with Crippen molar-refractivity contribution in [3.05, 3.63) is 0 Å². The van der Waals surface area contributed by atoms with Crippen LogP contribution in [-0.2, 0) is 0 Å². The summed E-state index contributed by atoms with van der Waals surface area (Å²) >= 11 is 0. The van der Waals surface area contributed by atoms with Gasteiger partial charge in [-0.25, -0.2) is 0 Å². The van der Waals surface area contributed by atoms with E-state index in [1.54, 1.807) is 0 Å². The summed E-state index contributed by atoms with van der Waals surface area (Å²) in [6.07, 6.45) is 2.55. The molecule has 1 aliphatic heterocycles. The first-order valence-corrected chi connectivity index (χ1v) is 9.73.